The van der Waals surface area contributed by atoms with Crippen molar-refractivity contribution in [3.05, 3.63) is 46.1 Å². The molecule has 2 heterocycles. The van der Waals surface area contributed by atoms with Gasteiger partial charge in [-0.1, -0.05) is 48.8 Å². The third-order valence-electron chi connectivity index (χ3n) is 5.63. The average Bonchev–Trinajstić information content (AvgIpc) is 2.82. The van der Waals surface area contributed by atoms with Crippen LogP contribution < -0.4 is 4.90 Å². The molecule has 2 amide bonds. The van der Waals surface area contributed by atoms with E-state index in [2.05, 4.69) is 28.7 Å². The molecular weight excluding hydrogens is 493 g/mol. The van der Waals surface area contributed by atoms with Crippen molar-refractivity contribution in [2.24, 2.45) is 0 Å². The van der Waals surface area contributed by atoms with E-state index in [-0.39, 0.29) is 23.6 Å². The molecule has 7 nitrogen and oxygen atoms in total. The molecule has 1 fully saturated rings. The van der Waals surface area contributed by atoms with Crippen LogP contribution in [0.3, 0.4) is 0 Å². The number of halogens is 2. The van der Waals surface area contributed by atoms with Gasteiger partial charge in [-0.3, -0.25) is 9.59 Å². The van der Waals surface area contributed by atoms with Crippen molar-refractivity contribution in [3.63, 3.8) is 0 Å². The number of thioether (sulfide) groups is 1. The number of benzene rings is 1. The van der Waals surface area contributed by atoms with E-state index in [9.17, 15) is 9.59 Å². The summed E-state index contributed by atoms with van der Waals surface area (Å²) >= 11 is 13.5. The van der Waals surface area contributed by atoms with Crippen LogP contribution in [0.25, 0.3) is 0 Å². The predicted molar refractivity (Wildman–Crippen MR) is 139 cm³/mol. The van der Waals surface area contributed by atoms with Crippen molar-refractivity contribution in [1.29, 1.82) is 0 Å². The second-order valence-corrected chi connectivity index (χ2v) is 10.1. The van der Waals surface area contributed by atoms with Gasteiger partial charge in [-0.15, -0.1) is 0 Å². The molecule has 1 atom stereocenters. The minimum atomic E-state index is -0.0139. The van der Waals surface area contributed by atoms with Crippen molar-refractivity contribution in [2.75, 3.05) is 43.4 Å². The summed E-state index contributed by atoms with van der Waals surface area (Å²) in [6.07, 6.45) is 1.86. The number of anilines is 1. The standard InChI is InChI=1S/C24H31Cl2N5O2S/c1-4-10-29(11-5-2)22(32)16-34-24-27-20(26)14-21(28-24)30-12-13-31(17(3)15-30)23(33)18-6-8-19(25)9-7-18/h6-9,14,17H,4-5,10-13,15-16H2,1-3H3. The summed E-state index contributed by atoms with van der Waals surface area (Å²) in [5.41, 5.74) is 0.623. The maximum Gasteiger partial charge on any atom is 0.254 e. The number of piperazine rings is 1. The molecule has 0 radical (unpaired) electrons. The minimum absolute atomic E-state index is 0.0111. The molecule has 1 aromatic carbocycles. The molecule has 10 heteroatoms. The third-order valence-corrected chi connectivity index (χ3v) is 6.91. The van der Waals surface area contributed by atoms with Crippen molar-refractivity contribution in [1.82, 2.24) is 19.8 Å². The number of amides is 2. The highest BCUT2D eigenvalue weighted by molar-refractivity contribution is 7.99. The fraction of sp³-hybridized carbons (Fsp3) is 0.500. The first-order chi connectivity index (χ1) is 16.3. The van der Waals surface area contributed by atoms with Crippen LogP contribution in [0.4, 0.5) is 5.82 Å². The number of carbonyl (C=O) groups is 2. The molecular formula is C24H31Cl2N5O2S. The van der Waals surface area contributed by atoms with Gasteiger partial charge in [-0.05, 0) is 44.0 Å². The van der Waals surface area contributed by atoms with Gasteiger partial charge in [0.05, 0.1) is 5.75 Å². The largest absolute Gasteiger partial charge is 0.353 e. The molecule has 1 aliphatic heterocycles. The van der Waals surface area contributed by atoms with E-state index >= 15 is 0 Å². The Balaban J connectivity index is 1.64. The fourth-order valence-electron chi connectivity index (χ4n) is 3.96. The normalized spacial score (nSPS) is 16.0. The second-order valence-electron chi connectivity index (χ2n) is 8.30. The molecule has 1 saturated heterocycles. The monoisotopic (exact) mass is 523 g/mol. The summed E-state index contributed by atoms with van der Waals surface area (Å²) in [5.74, 6) is 1.06. The Kier molecular flexibility index (Phi) is 9.85. The number of aromatic nitrogens is 2. The Bertz CT molecular complexity index is 986. The van der Waals surface area contributed by atoms with Gasteiger partial charge in [0.2, 0.25) is 5.91 Å². The van der Waals surface area contributed by atoms with E-state index in [1.54, 1.807) is 30.3 Å². The van der Waals surface area contributed by atoms with E-state index in [1.807, 2.05) is 16.7 Å². The zero-order valence-electron chi connectivity index (χ0n) is 19.8. The fourth-order valence-corrected chi connectivity index (χ4v) is 5.07. The average molecular weight is 525 g/mol. The van der Waals surface area contributed by atoms with Crippen LogP contribution in [0.1, 0.15) is 44.0 Å². The van der Waals surface area contributed by atoms with Crippen LogP contribution in [0.5, 0.6) is 0 Å². The van der Waals surface area contributed by atoms with E-state index in [1.165, 1.54) is 11.8 Å². The molecule has 3 rings (SSSR count). The molecule has 0 bridgehead atoms. The van der Waals surface area contributed by atoms with Gasteiger partial charge in [0.1, 0.15) is 11.0 Å². The molecule has 2 aromatic rings. The van der Waals surface area contributed by atoms with Crippen LogP contribution in [-0.2, 0) is 4.79 Å². The lowest BCUT2D eigenvalue weighted by Crippen LogP contribution is -2.54. The maximum atomic E-state index is 12.9. The number of hydrogen-bond acceptors (Lipinski definition) is 6. The van der Waals surface area contributed by atoms with Crippen molar-refractivity contribution in [3.8, 4) is 0 Å². The van der Waals surface area contributed by atoms with Crippen LogP contribution >= 0.6 is 35.0 Å². The predicted octanol–water partition coefficient (Wildman–Crippen LogP) is 4.88. The Labute approximate surface area is 215 Å². The summed E-state index contributed by atoms with van der Waals surface area (Å²) in [5, 5.41) is 1.43. The van der Waals surface area contributed by atoms with Gasteiger partial charge in [-0.2, -0.15) is 0 Å². The summed E-state index contributed by atoms with van der Waals surface area (Å²) in [6, 6.07) is 8.68. The zero-order chi connectivity index (χ0) is 24.7. The van der Waals surface area contributed by atoms with Gasteiger partial charge < -0.3 is 14.7 Å². The maximum absolute atomic E-state index is 12.9. The Morgan fingerprint density at radius 2 is 1.76 bits per heavy atom. The van der Waals surface area contributed by atoms with Crippen LogP contribution in [-0.4, -0.2) is 76.1 Å². The Morgan fingerprint density at radius 3 is 2.38 bits per heavy atom. The van der Waals surface area contributed by atoms with Crippen molar-refractivity contribution in [2.45, 2.75) is 44.8 Å². The van der Waals surface area contributed by atoms with Crippen LogP contribution in [0.2, 0.25) is 10.2 Å². The number of nitrogens with zero attached hydrogens (tertiary/aromatic N) is 5. The topological polar surface area (TPSA) is 69.6 Å². The quantitative estimate of drug-likeness (QED) is 0.265. The van der Waals surface area contributed by atoms with Gasteiger partial charge in [0, 0.05) is 55.4 Å². The zero-order valence-corrected chi connectivity index (χ0v) is 22.2. The van der Waals surface area contributed by atoms with E-state index in [4.69, 9.17) is 23.2 Å². The molecule has 0 spiro atoms. The van der Waals surface area contributed by atoms with Crippen LogP contribution in [0.15, 0.2) is 35.5 Å². The van der Waals surface area contributed by atoms with Gasteiger partial charge in [-0.25, -0.2) is 9.97 Å². The molecule has 0 saturated carbocycles. The summed E-state index contributed by atoms with van der Waals surface area (Å²) in [7, 11) is 0. The number of carbonyl (C=O) groups excluding carboxylic acids is 2. The highest BCUT2D eigenvalue weighted by Gasteiger charge is 2.29. The molecule has 1 aliphatic rings. The van der Waals surface area contributed by atoms with E-state index in [0.717, 1.165) is 25.9 Å². The first kappa shape index (κ1) is 26.6. The lowest BCUT2D eigenvalue weighted by molar-refractivity contribution is -0.128. The van der Waals surface area contributed by atoms with Gasteiger partial charge in [0.25, 0.3) is 5.91 Å². The molecule has 1 unspecified atom stereocenters. The molecule has 34 heavy (non-hydrogen) atoms. The summed E-state index contributed by atoms with van der Waals surface area (Å²) < 4.78 is 0. The third kappa shape index (κ3) is 6.99. The molecule has 184 valence electrons. The van der Waals surface area contributed by atoms with Gasteiger partial charge in [0.15, 0.2) is 5.16 Å². The van der Waals surface area contributed by atoms with Crippen molar-refractivity contribution >= 4 is 52.6 Å². The SMILES string of the molecule is CCCN(CCC)C(=O)CSc1nc(Cl)cc(N2CCN(C(=O)c3ccc(Cl)cc3)C(C)C2)n1. The van der Waals surface area contributed by atoms with E-state index < -0.39 is 0 Å². The van der Waals surface area contributed by atoms with Crippen molar-refractivity contribution < 1.29 is 9.59 Å². The summed E-state index contributed by atoms with van der Waals surface area (Å²) in [6.45, 7) is 9.48. The lowest BCUT2D eigenvalue weighted by atomic mass is 10.1. The van der Waals surface area contributed by atoms with E-state index in [0.29, 0.717) is 46.3 Å². The van der Waals surface area contributed by atoms with Gasteiger partial charge >= 0.3 is 0 Å². The first-order valence-corrected chi connectivity index (χ1v) is 13.3. The summed E-state index contributed by atoms with van der Waals surface area (Å²) in [4.78, 5) is 40.4. The first-order valence-electron chi connectivity index (χ1n) is 11.6. The minimum Gasteiger partial charge on any atom is -0.353 e. The second kappa shape index (κ2) is 12.6. The van der Waals surface area contributed by atoms with Crippen LogP contribution in [0, 0.1) is 0 Å². The molecule has 0 aliphatic carbocycles. The smallest absolute Gasteiger partial charge is 0.254 e. The number of hydrogen-bond donors (Lipinski definition) is 0. The Morgan fingerprint density at radius 1 is 1.09 bits per heavy atom. The number of rotatable bonds is 9. The molecule has 1 aromatic heterocycles. The highest BCUT2D eigenvalue weighted by atomic mass is 35.5. The molecule has 0 N–H and O–H groups in total. The Hall–Kier alpha value is -2.03. The lowest BCUT2D eigenvalue weighted by Gasteiger charge is -2.40. The highest BCUT2D eigenvalue weighted by Crippen LogP contribution is 2.25.